The van der Waals surface area contributed by atoms with Gasteiger partial charge < -0.3 is 10.1 Å². The Bertz CT molecular complexity index is 1210. The van der Waals surface area contributed by atoms with Crippen LogP contribution in [0, 0.1) is 20.8 Å². The van der Waals surface area contributed by atoms with Crippen molar-refractivity contribution in [1.29, 1.82) is 0 Å². The lowest BCUT2D eigenvalue weighted by Gasteiger charge is -2.14. The van der Waals surface area contributed by atoms with Crippen molar-refractivity contribution in [3.8, 4) is 5.75 Å². The number of benzene rings is 1. The van der Waals surface area contributed by atoms with Gasteiger partial charge in [-0.2, -0.15) is 4.98 Å². The van der Waals surface area contributed by atoms with Crippen molar-refractivity contribution >= 4 is 22.8 Å². The Morgan fingerprint density at radius 1 is 1.03 bits per heavy atom. The molecule has 2 heterocycles. The highest BCUT2D eigenvalue weighted by Gasteiger charge is 2.17. The normalized spacial score (nSPS) is 11.5. The molecule has 7 nitrogen and oxygen atoms in total. The summed E-state index contributed by atoms with van der Waals surface area (Å²) in [5.41, 5.74) is 3.94. The number of phenolic OH excluding ortho intramolecular Hbond substituents is 1. The van der Waals surface area contributed by atoms with E-state index in [1.165, 1.54) is 4.57 Å². The zero-order valence-electron chi connectivity index (χ0n) is 18.7. The molecule has 3 rings (SSSR count). The number of phenols is 1. The van der Waals surface area contributed by atoms with Crippen molar-refractivity contribution in [2.75, 3.05) is 0 Å². The monoisotopic (exact) mass is 446 g/mol. The lowest BCUT2D eigenvalue weighted by Crippen LogP contribution is -2.40. The van der Waals surface area contributed by atoms with Crippen molar-refractivity contribution in [3.05, 3.63) is 54.4 Å². The van der Waals surface area contributed by atoms with E-state index in [2.05, 4.69) is 16.9 Å². The van der Waals surface area contributed by atoms with Gasteiger partial charge in [0, 0.05) is 13.1 Å². The zero-order valence-corrected chi connectivity index (χ0v) is 19.5. The highest BCUT2D eigenvalue weighted by molar-refractivity contribution is 6.28. The zero-order chi connectivity index (χ0) is 22.7. The van der Waals surface area contributed by atoms with Crippen LogP contribution >= 0.6 is 11.6 Å². The van der Waals surface area contributed by atoms with E-state index in [0.29, 0.717) is 30.9 Å². The molecule has 0 aliphatic heterocycles. The van der Waals surface area contributed by atoms with Crippen LogP contribution in [-0.4, -0.2) is 24.2 Å². The number of imidazole rings is 1. The Balaban J connectivity index is 1.81. The average Bonchev–Trinajstić information content (AvgIpc) is 3.12. The van der Waals surface area contributed by atoms with E-state index in [4.69, 9.17) is 11.6 Å². The maximum Gasteiger partial charge on any atom is 0.332 e. The molecule has 0 saturated heterocycles. The second kappa shape index (κ2) is 9.73. The lowest BCUT2D eigenvalue weighted by atomic mass is 9.94. The summed E-state index contributed by atoms with van der Waals surface area (Å²) >= 11 is 5.99. The molecule has 0 bridgehead atoms. The van der Waals surface area contributed by atoms with E-state index >= 15 is 0 Å². The van der Waals surface area contributed by atoms with Gasteiger partial charge in [-0.3, -0.25) is 13.9 Å². The molecule has 2 aromatic heterocycles. The number of hydrogen-bond acceptors (Lipinski definition) is 4. The molecule has 0 fully saturated rings. The number of aromatic nitrogens is 4. The van der Waals surface area contributed by atoms with Crippen LogP contribution in [0.15, 0.2) is 15.7 Å². The Labute approximate surface area is 186 Å². The fourth-order valence-electron chi connectivity index (χ4n) is 4.23. The molecule has 0 spiro atoms. The molecule has 1 aromatic carbocycles. The first-order valence-corrected chi connectivity index (χ1v) is 11.3. The summed E-state index contributed by atoms with van der Waals surface area (Å²) < 4.78 is 2.84. The lowest BCUT2D eigenvalue weighted by molar-refractivity contribution is 0.465. The van der Waals surface area contributed by atoms with Gasteiger partial charge in [-0.05, 0) is 80.3 Å². The van der Waals surface area contributed by atoms with Crippen molar-refractivity contribution in [1.82, 2.24) is 19.1 Å². The largest absolute Gasteiger partial charge is 0.507 e. The molecule has 168 valence electrons. The van der Waals surface area contributed by atoms with Gasteiger partial charge >= 0.3 is 5.69 Å². The standard InChI is InChI=1S/C23H31ClN4O3/c1-5-6-8-11-27-20-18(25-22(24)26-20)21(30)28(23(27)31)12-9-7-10-17-14(2)13-15(3)19(29)16(17)4/h13,29H,5-12H2,1-4H3,(H,25,26). The average molecular weight is 447 g/mol. The molecule has 0 aliphatic carbocycles. The summed E-state index contributed by atoms with van der Waals surface area (Å²) in [7, 11) is 0. The second-order valence-electron chi connectivity index (χ2n) is 8.24. The number of hydrogen-bond donors (Lipinski definition) is 2. The molecule has 8 heteroatoms. The molecule has 0 radical (unpaired) electrons. The maximum absolute atomic E-state index is 13.1. The molecule has 0 saturated carbocycles. The SMILES string of the molecule is CCCCCn1c(=O)n(CCCCc2c(C)cc(C)c(O)c2C)c(=O)c2[nH]c(Cl)nc21. The molecule has 0 unspecified atom stereocenters. The minimum atomic E-state index is -0.383. The number of H-pyrrole nitrogens is 1. The van der Waals surface area contributed by atoms with Gasteiger partial charge in [0.15, 0.2) is 11.2 Å². The van der Waals surface area contributed by atoms with Crippen LogP contribution < -0.4 is 11.2 Å². The number of nitrogens with one attached hydrogen (secondary N) is 1. The van der Waals surface area contributed by atoms with Gasteiger partial charge in [0.1, 0.15) is 5.75 Å². The summed E-state index contributed by atoms with van der Waals surface area (Å²) in [6.45, 7) is 8.81. The number of aromatic hydroxyl groups is 1. The first-order chi connectivity index (χ1) is 14.8. The smallest absolute Gasteiger partial charge is 0.332 e. The number of halogens is 1. The molecule has 2 N–H and O–H groups in total. The van der Waals surface area contributed by atoms with Gasteiger partial charge in [-0.25, -0.2) is 4.79 Å². The van der Waals surface area contributed by atoms with Crippen LogP contribution in [0.25, 0.3) is 11.2 Å². The van der Waals surface area contributed by atoms with Crippen LogP contribution in [0.4, 0.5) is 0 Å². The van der Waals surface area contributed by atoms with Crippen LogP contribution in [0.5, 0.6) is 5.75 Å². The quantitative estimate of drug-likeness (QED) is 0.376. The van der Waals surface area contributed by atoms with Crippen molar-refractivity contribution < 1.29 is 5.11 Å². The summed E-state index contributed by atoms with van der Waals surface area (Å²) in [6, 6.07) is 1.99. The number of fused-ring (bicyclic) bond motifs is 1. The molecular formula is C23H31ClN4O3. The van der Waals surface area contributed by atoms with Gasteiger partial charge in [-0.15, -0.1) is 0 Å². The molecule has 0 atom stereocenters. The second-order valence-corrected chi connectivity index (χ2v) is 8.60. The fraction of sp³-hybridized carbons (Fsp3) is 0.522. The van der Waals surface area contributed by atoms with Crippen molar-refractivity contribution in [3.63, 3.8) is 0 Å². The minimum absolute atomic E-state index is 0.110. The van der Waals surface area contributed by atoms with Crippen LogP contribution in [0.3, 0.4) is 0 Å². The highest BCUT2D eigenvalue weighted by Crippen LogP contribution is 2.28. The summed E-state index contributed by atoms with van der Waals surface area (Å²) in [4.78, 5) is 32.9. The van der Waals surface area contributed by atoms with Crippen molar-refractivity contribution in [2.24, 2.45) is 0 Å². The van der Waals surface area contributed by atoms with Gasteiger partial charge in [0.25, 0.3) is 5.56 Å². The minimum Gasteiger partial charge on any atom is -0.507 e. The van der Waals surface area contributed by atoms with Crippen LogP contribution in [-0.2, 0) is 19.5 Å². The molecule has 0 amide bonds. The Morgan fingerprint density at radius 3 is 2.42 bits per heavy atom. The van der Waals surface area contributed by atoms with E-state index in [9.17, 15) is 14.7 Å². The van der Waals surface area contributed by atoms with E-state index in [1.54, 1.807) is 4.57 Å². The molecule has 0 aliphatic rings. The van der Waals surface area contributed by atoms with Gasteiger partial charge in [0.05, 0.1) is 0 Å². The third-order valence-electron chi connectivity index (χ3n) is 5.97. The third-order valence-corrected chi connectivity index (χ3v) is 6.15. The van der Waals surface area contributed by atoms with Gasteiger partial charge in [0.2, 0.25) is 5.28 Å². The van der Waals surface area contributed by atoms with Gasteiger partial charge in [-0.1, -0.05) is 25.8 Å². The van der Waals surface area contributed by atoms with E-state index < -0.39 is 0 Å². The number of aromatic amines is 1. The predicted octanol–water partition coefficient (Wildman–Crippen LogP) is 4.38. The number of unbranched alkanes of at least 4 members (excludes halogenated alkanes) is 3. The Kier molecular flexibility index (Phi) is 7.26. The fourth-order valence-corrected chi connectivity index (χ4v) is 4.40. The first-order valence-electron chi connectivity index (χ1n) is 10.9. The predicted molar refractivity (Wildman–Crippen MR) is 124 cm³/mol. The Hall–Kier alpha value is -2.54. The maximum atomic E-state index is 13.1. The number of rotatable bonds is 9. The molecule has 31 heavy (non-hydrogen) atoms. The first kappa shape index (κ1) is 23.1. The Morgan fingerprint density at radius 2 is 1.71 bits per heavy atom. The van der Waals surface area contributed by atoms with Crippen molar-refractivity contribution in [2.45, 2.75) is 79.3 Å². The van der Waals surface area contributed by atoms with E-state index in [0.717, 1.165) is 54.4 Å². The summed E-state index contributed by atoms with van der Waals surface area (Å²) in [5.74, 6) is 0.341. The van der Waals surface area contributed by atoms with Crippen LogP contribution in [0.2, 0.25) is 5.28 Å². The molecular weight excluding hydrogens is 416 g/mol. The third kappa shape index (κ3) is 4.71. The highest BCUT2D eigenvalue weighted by atomic mass is 35.5. The number of aryl methyl sites for hydroxylation is 3. The van der Waals surface area contributed by atoms with Crippen LogP contribution in [0.1, 0.15) is 61.3 Å². The topological polar surface area (TPSA) is 92.9 Å². The van der Waals surface area contributed by atoms with E-state index in [-0.39, 0.29) is 22.0 Å². The summed E-state index contributed by atoms with van der Waals surface area (Å²) in [6.07, 6.45) is 5.12. The van der Waals surface area contributed by atoms with E-state index in [1.807, 2.05) is 26.8 Å². The summed E-state index contributed by atoms with van der Waals surface area (Å²) in [5, 5.41) is 10.3. The molecule has 3 aromatic rings. The number of nitrogens with zero attached hydrogens (tertiary/aromatic N) is 3.